The number of hydrogen-bond acceptors (Lipinski definition) is 5. The van der Waals surface area contributed by atoms with Gasteiger partial charge < -0.3 is 9.47 Å². The molecule has 0 spiro atoms. The van der Waals surface area contributed by atoms with Crippen LogP contribution in [-0.2, 0) is 9.53 Å². The van der Waals surface area contributed by atoms with Crippen LogP contribution in [0.4, 0.5) is 0 Å². The molecular formula is C19H18Cl2N2O4. The Morgan fingerprint density at radius 3 is 2.59 bits per heavy atom. The number of aryl methyl sites for hydroxylation is 1. The van der Waals surface area contributed by atoms with Gasteiger partial charge in [0.1, 0.15) is 5.75 Å². The Hall–Kier alpha value is -2.57. The molecule has 0 unspecified atom stereocenters. The highest BCUT2D eigenvalue weighted by molar-refractivity contribution is 6.34. The number of halogens is 2. The van der Waals surface area contributed by atoms with Gasteiger partial charge in [0.15, 0.2) is 6.61 Å². The molecule has 0 aliphatic heterocycles. The number of carbonyl (C=O) groups is 2. The average Bonchev–Trinajstić information content (AvgIpc) is 2.61. The largest absolute Gasteiger partial charge is 0.480 e. The summed E-state index contributed by atoms with van der Waals surface area (Å²) in [4.78, 5) is 23.4. The van der Waals surface area contributed by atoms with Crippen LogP contribution in [-0.4, -0.2) is 31.3 Å². The Labute approximate surface area is 167 Å². The van der Waals surface area contributed by atoms with Crippen LogP contribution in [0.5, 0.6) is 5.75 Å². The molecule has 0 aromatic heterocycles. The first kappa shape index (κ1) is 20.7. The zero-order valence-electron chi connectivity index (χ0n) is 14.8. The van der Waals surface area contributed by atoms with Gasteiger partial charge in [0.05, 0.1) is 28.4 Å². The highest BCUT2D eigenvalue weighted by atomic mass is 35.5. The van der Waals surface area contributed by atoms with Gasteiger partial charge in [-0.3, -0.25) is 4.79 Å². The van der Waals surface area contributed by atoms with E-state index in [1.807, 2.05) is 6.92 Å². The molecule has 0 bridgehead atoms. The van der Waals surface area contributed by atoms with E-state index >= 15 is 0 Å². The summed E-state index contributed by atoms with van der Waals surface area (Å²) < 4.78 is 10.1. The van der Waals surface area contributed by atoms with E-state index < -0.39 is 11.9 Å². The fraction of sp³-hybridized carbons (Fsp3) is 0.211. The Morgan fingerprint density at radius 2 is 1.93 bits per heavy atom. The van der Waals surface area contributed by atoms with Gasteiger partial charge in [-0.1, -0.05) is 29.3 Å². The maximum atomic E-state index is 12.1. The van der Waals surface area contributed by atoms with Crippen LogP contribution in [0, 0.1) is 6.92 Å². The van der Waals surface area contributed by atoms with Crippen LogP contribution in [0.1, 0.15) is 28.4 Å². The molecule has 0 saturated carbocycles. The molecule has 1 amide bonds. The van der Waals surface area contributed by atoms with Crippen molar-refractivity contribution in [3.8, 4) is 5.75 Å². The number of nitrogens with one attached hydrogen (secondary N) is 1. The second kappa shape index (κ2) is 9.94. The lowest BCUT2D eigenvalue weighted by molar-refractivity contribution is -0.145. The van der Waals surface area contributed by atoms with E-state index in [2.05, 4.69) is 10.5 Å². The Morgan fingerprint density at radius 1 is 1.15 bits per heavy atom. The predicted molar refractivity (Wildman–Crippen MR) is 105 cm³/mol. The van der Waals surface area contributed by atoms with Crippen molar-refractivity contribution in [3.05, 3.63) is 63.1 Å². The van der Waals surface area contributed by atoms with Crippen LogP contribution < -0.4 is 10.2 Å². The summed E-state index contributed by atoms with van der Waals surface area (Å²) in [5, 5.41) is 4.55. The summed E-state index contributed by atoms with van der Waals surface area (Å²) >= 11 is 12.2. The number of amides is 1. The summed E-state index contributed by atoms with van der Waals surface area (Å²) in [7, 11) is 0. The summed E-state index contributed by atoms with van der Waals surface area (Å²) in [6.45, 7) is 3.65. The molecule has 0 aliphatic rings. The number of hydrogen-bond donors (Lipinski definition) is 1. The number of carbonyl (C=O) groups excluding carboxylic acids is 2. The van der Waals surface area contributed by atoms with Crippen LogP contribution in [0.25, 0.3) is 0 Å². The molecule has 8 heteroatoms. The minimum absolute atomic E-state index is 0.228. The summed E-state index contributed by atoms with van der Waals surface area (Å²) in [6, 6.07) is 10.0. The SMILES string of the molecule is CCOC(=O)COc1ccc(/C=N\NC(=O)c2ccc(C)cc2Cl)cc1Cl. The maximum absolute atomic E-state index is 12.1. The van der Waals surface area contributed by atoms with E-state index in [0.717, 1.165) is 5.56 Å². The van der Waals surface area contributed by atoms with Crippen LogP contribution in [0.2, 0.25) is 10.0 Å². The lowest BCUT2D eigenvalue weighted by Gasteiger charge is -2.08. The van der Waals surface area contributed by atoms with Gasteiger partial charge in [0, 0.05) is 0 Å². The smallest absolute Gasteiger partial charge is 0.344 e. The fourth-order valence-corrected chi connectivity index (χ4v) is 2.65. The second-order valence-corrected chi connectivity index (χ2v) is 6.28. The lowest BCUT2D eigenvalue weighted by Crippen LogP contribution is -2.18. The van der Waals surface area contributed by atoms with E-state index in [9.17, 15) is 9.59 Å². The van der Waals surface area contributed by atoms with Crippen LogP contribution >= 0.6 is 23.2 Å². The molecule has 2 aromatic carbocycles. The van der Waals surface area contributed by atoms with Crippen molar-refractivity contribution < 1.29 is 19.1 Å². The van der Waals surface area contributed by atoms with E-state index in [1.54, 1.807) is 43.3 Å². The molecule has 142 valence electrons. The Bertz CT molecular complexity index is 869. The highest BCUT2D eigenvalue weighted by Gasteiger charge is 2.09. The standard InChI is InChI=1S/C19H18Cl2N2O4/c1-3-26-18(24)11-27-17-7-5-13(9-16(17)21)10-22-23-19(25)14-6-4-12(2)8-15(14)20/h4-10H,3,11H2,1-2H3,(H,23,25)/b22-10-. The van der Waals surface area contributed by atoms with Crippen molar-refractivity contribution in [1.29, 1.82) is 0 Å². The summed E-state index contributed by atoms with van der Waals surface area (Å²) in [6.07, 6.45) is 1.43. The zero-order valence-corrected chi connectivity index (χ0v) is 16.3. The Kier molecular flexibility index (Phi) is 7.64. The lowest BCUT2D eigenvalue weighted by atomic mass is 10.1. The van der Waals surface area contributed by atoms with E-state index in [1.165, 1.54) is 6.21 Å². The number of benzene rings is 2. The van der Waals surface area contributed by atoms with Gasteiger partial charge >= 0.3 is 5.97 Å². The van der Waals surface area contributed by atoms with Gasteiger partial charge in [-0.25, -0.2) is 10.2 Å². The van der Waals surface area contributed by atoms with Crippen molar-refractivity contribution >= 4 is 41.3 Å². The molecule has 2 aromatic rings. The predicted octanol–water partition coefficient (Wildman–Crippen LogP) is 4.01. The van der Waals surface area contributed by atoms with Crippen LogP contribution in [0.3, 0.4) is 0 Å². The van der Waals surface area contributed by atoms with Crippen molar-refractivity contribution in [2.24, 2.45) is 5.10 Å². The number of rotatable bonds is 7. The zero-order chi connectivity index (χ0) is 19.8. The molecule has 0 fully saturated rings. The summed E-state index contributed by atoms with van der Waals surface area (Å²) in [5.41, 5.74) is 4.34. The summed E-state index contributed by atoms with van der Waals surface area (Å²) in [5.74, 6) is -0.550. The van der Waals surface area contributed by atoms with Crippen molar-refractivity contribution in [3.63, 3.8) is 0 Å². The first-order valence-electron chi connectivity index (χ1n) is 8.08. The molecular weight excluding hydrogens is 391 g/mol. The molecule has 0 heterocycles. The van der Waals surface area contributed by atoms with E-state index in [0.29, 0.717) is 26.9 Å². The Balaban J connectivity index is 1.96. The molecule has 0 atom stereocenters. The first-order chi connectivity index (χ1) is 12.9. The number of hydrazone groups is 1. The number of nitrogens with zero attached hydrogens (tertiary/aromatic N) is 1. The van der Waals surface area contributed by atoms with Crippen molar-refractivity contribution in [2.75, 3.05) is 13.2 Å². The molecule has 1 N–H and O–H groups in total. The minimum atomic E-state index is -0.475. The molecule has 6 nitrogen and oxygen atoms in total. The van der Waals surface area contributed by atoms with Gasteiger partial charge in [-0.05, 0) is 55.3 Å². The first-order valence-corrected chi connectivity index (χ1v) is 8.83. The van der Waals surface area contributed by atoms with Crippen molar-refractivity contribution in [2.45, 2.75) is 13.8 Å². The third-order valence-corrected chi connectivity index (χ3v) is 3.96. The normalized spacial score (nSPS) is 10.7. The molecule has 27 heavy (non-hydrogen) atoms. The third kappa shape index (κ3) is 6.27. The topological polar surface area (TPSA) is 77.0 Å². The highest BCUT2D eigenvalue weighted by Crippen LogP contribution is 2.25. The third-order valence-electron chi connectivity index (χ3n) is 3.36. The molecule has 0 radical (unpaired) electrons. The van der Waals surface area contributed by atoms with E-state index in [4.69, 9.17) is 32.7 Å². The number of ether oxygens (including phenoxy) is 2. The number of esters is 1. The van der Waals surface area contributed by atoms with Crippen LogP contribution in [0.15, 0.2) is 41.5 Å². The van der Waals surface area contributed by atoms with Crippen molar-refractivity contribution in [1.82, 2.24) is 5.43 Å². The van der Waals surface area contributed by atoms with E-state index in [-0.39, 0.29) is 13.2 Å². The average molecular weight is 409 g/mol. The van der Waals surface area contributed by atoms with Gasteiger partial charge in [-0.2, -0.15) is 5.10 Å². The molecule has 0 saturated heterocycles. The maximum Gasteiger partial charge on any atom is 0.344 e. The quantitative estimate of drug-likeness (QED) is 0.426. The minimum Gasteiger partial charge on any atom is -0.480 e. The van der Waals surface area contributed by atoms with Gasteiger partial charge in [0.2, 0.25) is 0 Å². The molecule has 0 aliphatic carbocycles. The van der Waals surface area contributed by atoms with Gasteiger partial charge in [-0.15, -0.1) is 0 Å². The monoisotopic (exact) mass is 408 g/mol. The fourth-order valence-electron chi connectivity index (χ4n) is 2.08. The second-order valence-electron chi connectivity index (χ2n) is 5.47. The van der Waals surface area contributed by atoms with Gasteiger partial charge in [0.25, 0.3) is 5.91 Å². The molecule has 2 rings (SSSR count).